The molecule has 1 aromatic carbocycles. The summed E-state index contributed by atoms with van der Waals surface area (Å²) in [5.41, 5.74) is 2.90. The summed E-state index contributed by atoms with van der Waals surface area (Å²) in [5, 5.41) is 3.40. The van der Waals surface area contributed by atoms with Crippen LogP contribution in [0.15, 0.2) is 24.3 Å². The Morgan fingerprint density at radius 3 is 2.41 bits per heavy atom. The zero-order chi connectivity index (χ0) is 12.9. The SMILES string of the molecule is CCNCc1ccccc1N(C)C(C)(C)CC. The largest absolute Gasteiger partial charge is 0.369 e. The summed E-state index contributed by atoms with van der Waals surface area (Å²) < 4.78 is 0. The molecule has 17 heavy (non-hydrogen) atoms. The van der Waals surface area contributed by atoms with Crippen LogP contribution in [0.4, 0.5) is 5.69 Å². The Kier molecular flexibility index (Phi) is 5.01. The van der Waals surface area contributed by atoms with Gasteiger partial charge >= 0.3 is 0 Å². The predicted octanol–water partition coefficient (Wildman–Crippen LogP) is 3.42. The minimum atomic E-state index is 0.197. The van der Waals surface area contributed by atoms with E-state index in [-0.39, 0.29) is 5.54 Å². The maximum Gasteiger partial charge on any atom is 0.0413 e. The van der Waals surface area contributed by atoms with Gasteiger partial charge in [-0.05, 0) is 38.4 Å². The van der Waals surface area contributed by atoms with Crippen molar-refractivity contribution in [1.29, 1.82) is 0 Å². The summed E-state index contributed by atoms with van der Waals surface area (Å²) in [4.78, 5) is 2.39. The molecule has 0 aromatic heterocycles. The van der Waals surface area contributed by atoms with Crippen LogP contribution in [0, 0.1) is 0 Å². The lowest BCUT2D eigenvalue weighted by atomic mass is 9.98. The zero-order valence-corrected chi connectivity index (χ0v) is 11.9. The molecule has 0 aliphatic rings. The van der Waals surface area contributed by atoms with Crippen molar-refractivity contribution >= 4 is 5.69 Å². The maximum absolute atomic E-state index is 3.40. The van der Waals surface area contributed by atoms with Gasteiger partial charge in [0, 0.05) is 24.8 Å². The van der Waals surface area contributed by atoms with Crippen LogP contribution < -0.4 is 10.2 Å². The highest BCUT2D eigenvalue weighted by molar-refractivity contribution is 5.54. The van der Waals surface area contributed by atoms with Crippen LogP contribution in [0.3, 0.4) is 0 Å². The predicted molar refractivity (Wildman–Crippen MR) is 76.6 cm³/mol. The molecular formula is C15H26N2. The van der Waals surface area contributed by atoms with Gasteiger partial charge in [0.15, 0.2) is 0 Å². The first kappa shape index (κ1) is 14.0. The molecule has 0 fully saturated rings. The average Bonchev–Trinajstić information content (AvgIpc) is 2.35. The van der Waals surface area contributed by atoms with Crippen LogP contribution in [-0.4, -0.2) is 19.1 Å². The van der Waals surface area contributed by atoms with E-state index in [0.717, 1.165) is 19.5 Å². The first-order chi connectivity index (χ1) is 8.03. The highest BCUT2D eigenvalue weighted by atomic mass is 15.2. The fourth-order valence-corrected chi connectivity index (χ4v) is 1.81. The van der Waals surface area contributed by atoms with Crippen LogP contribution >= 0.6 is 0 Å². The molecule has 1 N–H and O–H groups in total. The minimum absolute atomic E-state index is 0.197. The van der Waals surface area contributed by atoms with Crippen LogP contribution in [0.1, 0.15) is 39.7 Å². The van der Waals surface area contributed by atoms with Crippen molar-refractivity contribution < 1.29 is 0 Å². The van der Waals surface area contributed by atoms with Crippen molar-refractivity contribution in [3.8, 4) is 0 Å². The highest BCUT2D eigenvalue weighted by Gasteiger charge is 2.22. The molecule has 1 aromatic rings. The third-order valence-electron chi connectivity index (χ3n) is 3.69. The zero-order valence-electron chi connectivity index (χ0n) is 11.9. The van der Waals surface area contributed by atoms with Crippen molar-refractivity contribution in [2.45, 2.75) is 46.2 Å². The number of hydrogen-bond acceptors (Lipinski definition) is 2. The highest BCUT2D eigenvalue weighted by Crippen LogP contribution is 2.27. The summed E-state index contributed by atoms with van der Waals surface area (Å²) in [6.07, 6.45) is 1.14. The molecule has 2 nitrogen and oxygen atoms in total. The summed E-state index contributed by atoms with van der Waals surface area (Å²) in [6.45, 7) is 10.9. The molecule has 1 rings (SSSR count). The third-order valence-corrected chi connectivity index (χ3v) is 3.69. The van der Waals surface area contributed by atoms with Crippen molar-refractivity contribution in [2.24, 2.45) is 0 Å². The molecule has 96 valence electrons. The van der Waals surface area contributed by atoms with E-state index in [0.29, 0.717) is 0 Å². The average molecular weight is 234 g/mol. The van der Waals surface area contributed by atoms with Gasteiger partial charge in [-0.1, -0.05) is 32.0 Å². The van der Waals surface area contributed by atoms with Gasteiger partial charge in [0.05, 0.1) is 0 Å². The summed E-state index contributed by atoms with van der Waals surface area (Å²) in [5.74, 6) is 0. The Morgan fingerprint density at radius 1 is 1.18 bits per heavy atom. The molecule has 0 aliphatic heterocycles. The lowest BCUT2D eigenvalue weighted by Crippen LogP contribution is -2.41. The van der Waals surface area contributed by atoms with Gasteiger partial charge in [0.1, 0.15) is 0 Å². The molecule has 0 saturated heterocycles. The molecule has 0 bridgehead atoms. The molecular weight excluding hydrogens is 208 g/mol. The van der Waals surface area contributed by atoms with Gasteiger partial charge < -0.3 is 10.2 Å². The first-order valence-corrected chi connectivity index (χ1v) is 6.55. The molecule has 0 saturated carbocycles. The van der Waals surface area contributed by atoms with Gasteiger partial charge in [-0.15, -0.1) is 0 Å². The lowest BCUT2D eigenvalue weighted by molar-refractivity contribution is 0.469. The monoisotopic (exact) mass is 234 g/mol. The van der Waals surface area contributed by atoms with Crippen molar-refractivity contribution in [1.82, 2.24) is 5.32 Å². The van der Waals surface area contributed by atoms with Gasteiger partial charge in [0.25, 0.3) is 0 Å². The summed E-state index contributed by atoms with van der Waals surface area (Å²) in [7, 11) is 2.19. The molecule has 0 amide bonds. The second-order valence-corrected chi connectivity index (χ2v) is 5.13. The van der Waals surface area contributed by atoms with E-state index in [4.69, 9.17) is 0 Å². The minimum Gasteiger partial charge on any atom is -0.369 e. The number of nitrogens with zero attached hydrogens (tertiary/aromatic N) is 1. The quantitative estimate of drug-likeness (QED) is 0.811. The molecule has 2 heteroatoms. The summed E-state index contributed by atoms with van der Waals surface area (Å²) >= 11 is 0. The molecule has 0 heterocycles. The van der Waals surface area contributed by atoms with Gasteiger partial charge in [0.2, 0.25) is 0 Å². The van der Waals surface area contributed by atoms with Gasteiger partial charge in [-0.25, -0.2) is 0 Å². The van der Waals surface area contributed by atoms with E-state index < -0.39 is 0 Å². The fraction of sp³-hybridized carbons (Fsp3) is 0.600. The smallest absolute Gasteiger partial charge is 0.0413 e. The van der Waals surface area contributed by atoms with E-state index >= 15 is 0 Å². The molecule has 0 atom stereocenters. The molecule has 0 unspecified atom stereocenters. The van der Waals surface area contributed by atoms with E-state index in [9.17, 15) is 0 Å². The van der Waals surface area contributed by atoms with E-state index in [2.05, 4.69) is 69.2 Å². The van der Waals surface area contributed by atoms with Gasteiger partial charge in [-0.2, -0.15) is 0 Å². The van der Waals surface area contributed by atoms with Crippen molar-refractivity contribution in [2.75, 3.05) is 18.5 Å². The summed E-state index contributed by atoms with van der Waals surface area (Å²) in [6, 6.07) is 8.65. The Balaban J connectivity index is 2.96. The van der Waals surface area contributed by atoms with E-state index in [1.807, 2.05) is 0 Å². The number of nitrogens with one attached hydrogen (secondary N) is 1. The second-order valence-electron chi connectivity index (χ2n) is 5.13. The standard InChI is InChI=1S/C15H26N2/c1-6-15(3,4)17(5)14-11-9-8-10-13(14)12-16-7-2/h8-11,16H,6-7,12H2,1-5H3. The second kappa shape index (κ2) is 6.06. The lowest BCUT2D eigenvalue weighted by Gasteiger charge is -2.38. The van der Waals surface area contributed by atoms with Crippen molar-refractivity contribution in [3.05, 3.63) is 29.8 Å². The number of rotatable bonds is 6. The van der Waals surface area contributed by atoms with E-state index in [1.54, 1.807) is 0 Å². The van der Waals surface area contributed by atoms with Crippen LogP contribution in [0.5, 0.6) is 0 Å². The normalized spacial score (nSPS) is 11.6. The number of benzene rings is 1. The Bertz CT molecular complexity index is 345. The van der Waals surface area contributed by atoms with Crippen LogP contribution in [-0.2, 0) is 6.54 Å². The first-order valence-electron chi connectivity index (χ1n) is 6.55. The third kappa shape index (κ3) is 3.47. The van der Waals surface area contributed by atoms with Crippen molar-refractivity contribution in [3.63, 3.8) is 0 Å². The van der Waals surface area contributed by atoms with Crippen LogP contribution in [0.2, 0.25) is 0 Å². The van der Waals surface area contributed by atoms with Gasteiger partial charge in [-0.3, -0.25) is 0 Å². The number of anilines is 1. The Labute approximate surface area is 106 Å². The molecule has 0 spiro atoms. The Morgan fingerprint density at radius 2 is 1.82 bits per heavy atom. The van der Waals surface area contributed by atoms with Crippen LogP contribution in [0.25, 0.3) is 0 Å². The maximum atomic E-state index is 3.40. The molecule has 0 radical (unpaired) electrons. The topological polar surface area (TPSA) is 15.3 Å². The number of hydrogen-bond donors (Lipinski definition) is 1. The Hall–Kier alpha value is -1.02. The number of para-hydroxylation sites is 1. The molecule has 0 aliphatic carbocycles. The fourth-order valence-electron chi connectivity index (χ4n) is 1.81. The van der Waals surface area contributed by atoms with E-state index in [1.165, 1.54) is 11.3 Å².